The SMILES string of the molecule is COCCNC(=O)COC(=O)CSc1ccc(Br)cc1C. The number of ether oxygens (including phenoxy) is 2. The van der Waals surface area contributed by atoms with Gasteiger partial charge in [0.15, 0.2) is 6.61 Å². The summed E-state index contributed by atoms with van der Waals surface area (Å²) in [7, 11) is 1.55. The van der Waals surface area contributed by atoms with Crippen molar-refractivity contribution in [3.63, 3.8) is 0 Å². The number of amides is 1. The van der Waals surface area contributed by atoms with Crippen LogP contribution < -0.4 is 5.32 Å². The number of halogens is 1. The molecule has 1 N–H and O–H groups in total. The molecule has 1 aromatic carbocycles. The van der Waals surface area contributed by atoms with Crippen molar-refractivity contribution in [1.29, 1.82) is 0 Å². The molecule has 21 heavy (non-hydrogen) atoms. The van der Waals surface area contributed by atoms with Gasteiger partial charge in [-0.25, -0.2) is 0 Å². The van der Waals surface area contributed by atoms with E-state index >= 15 is 0 Å². The lowest BCUT2D eigenvalue weighted by Gasteiger charge is -2.07. The summed E-state index contributed by atoms with van der Waals surface area (Å²) in [6, 6.07) is 5.84. The highest BCUT2D eigenvalue weighted by Crippen LogP contribution is 2.25. The molecule has 7 heteroatoms. The van der Waals surface area contributed by atoms with E-state index in [0.717, 1.165) is 14.9 Å². The maximum Gasteiger partial charge on any atom is 0.316 e. The highest BCUT2D eigenvalue weighted by atomic mass is 79.9. The van der Waals surface area contributed by atoms with E-state index in [1.54, 1.807) is 7.11 Å². The van der Waals surface area contributed by atoms with Crippen molar-refractivity contribution in [1.82, 2.24) is 5.32 Å². The molecule has 0 aliphatic carbocycles. The Morgan fingerprint density at radius 2 is 2.14 bits per heavy atom. The fourth-order valence-electron chi connectivity index (χ4n) is 1.44. The summed E-state index contributed by atoms with van der Waals surface area (Å²) < 4.78 is 10.7. The van der Waals surface area contributed by atoms with Crippen LogP contribution in [-0.2, 0) is 19.1 Å². The van der Waals surface area contributed by atoms with Crippen LogP contribution in [0, 0.1) is 6.92 Å². The maximum atomic E-state index is 11.6. The minimum absolute atomic E-state index is 0.174. The number of methoxy groups -OCH3 is 1. The molecule has 0 aliphatic heterocycles. The number of esters is 1. The van der Waals surface area contributed by atoms with Crippen LogP contribution in [0.25, 0.3) is 0 Å². The monoisotopic (exact) mass is 375 g/mol. The van der Waals surface area contributed by atoms with E-state index < -0.39 is 5.97 Å². The summed E-state index contributed by atoms with van der Waals surface area (Å²) in [6.45, 7) is 2.54. The first-order valence-electron chi connectivity index (χ1n) is 6.33. The van der Waals surface area contributed by atoms with Gasteiger partial charge in [-0.1, -0.05) is 15.9 Å². The number of benzene rings is 1. The number of carbonyl (C=O) groups excluding carboxylic acids is 2. The molecule has 0 radical (unpaired) electrons. The van der Waals surface area contributed by atoms with Crippen LogP contribution in [0.4, 0.5) is 0 Å². The Balaban J connectivity index is 2.26. The lowest BCUT2D eigenvalue weighted by Crippen LogP contribution is -2.31. The first kappa shape index (κ1) is 18.0. The predicted octanol–water partition coefficient (Wildman–Crippen LogP) is 2.16. The van der Waals surface area contributed by atoms with Crippen molar-refractivity contribution in [2.75, 3.05) is 32.6 Å². The number of hydrogen-bond acceptors (Lipinski definition) is 5. The van der Waals surface area contributed by atoms with Crippen molar-refractivity contribution in [2.45, 2.75) is 11.8 Å². The average Bonchev–Trinajstić information content (AvgIpc) is 2.44. The molecule has 0 saturated heterocycles. The highest BCUT2D eigenvalue weighted by Gasteiger charge is 2.09. The Morgan fingerprint density at radius 3 is 2.81 bits per heavy atom. The van der Waals surface area contributed by atoms with Gasteiger partial charge in [0.2, 0.25) is 0 Å². The van der Waals surface area contributed by atoms with Crippen LogP contribution >= 0.6 is 27.7 Å². The molecule has 1 aromatic rings. The van der Waals surface area contributed by atoms with Crippen LogP contribution in [0.3, 0.4) is 0 Å². The molecule has 0 unspecified atom stereocenters. The lowest BCUT2D eigenvalue weighted by molar-refractivity contribution is -0.145. The number of carbonyl (C=O) groups is 2. The zero-order chi connectivity index (χ0) is 15.7. The molecule has 0 aliphatic rings. The third kappa shape index (κ3) is 7.50. The van der Waals surface area contributed by atoms with Gasteiger partial charge >= 0.3 is 5.97 Å². The number of rotatable bonds is 8. The normalized spacial score (nSPS) is 10.2. The molecule has 5 nitrogen and oxygen atoms in total. The maximum absolute atomic E-state index is 11.6. The van der Waals surface area contributed by atoms with E-state index in [9.17, 15) is 9.59 Å². The van der Waals surface area contributed by atoms with Gasteiger partial charge in [0, 0.05) is 23.0 Å². The number of thioether (sulfide) groups is 1. The predicted molar refractivity (Wildman–Crippen MR) is 85.4 cm³/mol. The Morgan fingerprint density at radius 1 is 1.38 bits per heavy atom. The second kappa shape index (κ2) is 9.81. The summed E-state index contributed by atoms with van der Waals surface area (Å²) in [5.41, 5.74) is 1.08. The third-order valence-electron chi connectivity index (χ3n) is 2.48. The van der Waals surface area contributed by atoms with Gasteiger partial charge in [-0.05, 0) is 30.7 Å². The Labute approximate surface area is 136 Å². The first-order valence-corrected chi connectivity index (χ1v) is 8.11. The van der Waals surface area contributed by atoms with Gasteiger partial charge in [0.1, 0.15) is 0 Å². The Kier molecular flexibility index (Phi) is 8.41. The Bertz CT molecular complexity index is 496. The summed E-state index contributed by atoms with van der Waals surface area (Å²) in [6.07, 6.45) is 0. The minimum Gasteiger partial charge on any atom is -0.455 e. The molecule has 0 spiro atoms. The molecular weight excluding hydrogens is 358 g/mol. The van der Waals surface area contributed by atoms with Crippen molar-refractivity contribution in [3.8, 4) is 0 Å². The first-order chi connectivity index (χ1) is 10.0. The molecule has 0 atom stereocenters. The largest absolute Gasteiger partial charge is 0.455 e. The van der Waals surface area contributed by atoms with Gasteiger partial charge in [-0.2, -0.15) is 0 Å². The average molecular weight is 376 g/mol. The van der Waals surface area contributed by atoms with Crippen LogP contribution in [0.1, 0.15) is 5.56 Å². The second-order valence-corrected chi connectivity index (χ2v) is 6.13. The van der Waals surface area contributed by atoms with Crippen molar-refractivity contribution in [2.24, 2.45) is 0 Å². The zero-order valence-electron chi connectivity index (χ0n) is 12.0. The van der Waals surface area contributed by atoms with E-state index in [-0.39, 0.29) is 18.3 Å². The number of hydrogen-bond donors (Lipinski definition) is 1. The topological polar surface area (TPSA) is 64.6 Å². The summed E-state index contributed by atoms with van der Waals surface area (Å²) in [5.74, 6) is -0.567. The van der Waals surface area contributed by atoms with E-state index in [2.05, 4.69) is 21.2 Å². The summed E-state index contributed by atoms with van der Waals surface area (Å²) in [5, 5.41) is 2.57. The highest BCUT2D eigenvalue weighted by molar-refractivity contribution is 9.10. The fourth-order valence-corrected chi connectivity index (χ4v) is 2.73. The molecule has 0 aromatic heterocycles. The van der Waals surface area contributed by atoms with Crippen molar-refractivity contribution < 1.29 is 19.1 Å². The molecular formula is C14H18BrNO4S. The van der Waals surface area contributed by atoms with Crippen LogP contribution in [0.2, 0.25) is 0 Å². The van der Waals surface area contributed by atoms with Gasteiger partial charge in [0.25, 0.3) is 5.91 Å². The van der Waals surface area contributed by atoms with Crippen molar-refractivity contribution >= 4 is 39.6 Å². The molecule has 0 fully saturated rings. The van der Waals surface area contributed by atoms with Gasteiger partial charge < -0.3 is 14.8 Å². The summed E-state index contributed by atoms with van der Waals surface area (Å²) >= 11 is 4.78. The fraction of sp³-hybridized carbons (Fsp3) is 0.429. The smallest absolute Gasteiger partial charge is 0.316 e. The minimum atomic E-state index is -0.413. The van der Waals surface area contributed by atoms with Crippen molar-refractivity contribution in [3.05, 3.63) is 28.2 Å². The Hall–Kier alpha value is -1.05. The standard InChI is InChI=1S/C14H18BrNO4S/c1-10-7-11(15)3-4-12(10)21-9-14(18)20-8-13(17)16-5-6-19-2/h3-4,7H,5-6,8-9H2,1-2H3,(H,16,17). The third-order valence-corrected chi connectivity index (χ3v) is 4.12. The van der Waals surface area contributed by atoms with E-state index in [1.165, 1.54) is 11.8 Å². The van der Waals surface area contributed by atoms with Gasteiger partial charge in [0.05, 0.1) is 12.4 Å². The van der Waals surface area contributed by atoms with Crippen LogP contribution in [0.5, 0.6) is 0 Å². The molecule has 0 heterocycles. The zero-order valence-corrected chi connectivity index (χ0v) is 14.4. The van der Waals surface area contributed by atoms with Gasteiger partial charge in [-0.15, -0.1) is 11.8 Å². The van der Waals surface area contributed by atoms with Gasteiger partial charge in [-0.3, -0.25) is 9.59 Å². The summed E-state index contributed by atoms with van der Waals surface area (Å²) in [4.78, 5) is 23.9. The van der Waals surface area contributed by atoms with Crippen LogP contribution in [-0.4, -0.2) is 44.5 Å². The van der Waals surface area contributed by atoms with E-state index in [1.807, 2.05) is 25.1 Å². The lowest BCUT2D eigenvalue weighted by atomic mass is 10.2. The number of aryl methyl sites for hydroxylation is 1. The molecule has 0 saturated carbocycles. The quantitative estimate of drug-likeness (QED) is 0.428. The molecule has 1 amide bonds. The molecule has 1 rings (SSSR count). The molecule has 116 valence electrons. The number of nitrogens with one attached hydrogen (secondary N) is 1. The van der Waals surface area contributed by atoms with E-state index in [4.69, 9.17) is 9.47 Å². The molecule has 0 bridgehead atoms. The van der Waals surface area contributed by atoms with E-state index in [0.29, 0.717) is 13.2 Å². The van der Waals surface area contributed by atoms with Crippen LogP contribution in [0.15, 0.2) is 27.6 Å². The second-order valence-electron chi connectivity index (χ2n) is 4.20.